The van der Waals surface area contributed by atoms with Crippen molar-refractivity contribution in [1.82, 2.24) is 0 Å². The van der Waals surface area contributed by atoms with Crippen LogP contribution < -0.4 is 10.4 Å². The highest BCUT2D eigenvalue weighted by atomic mass is 16.5. The highest BCUT2D eigenvalue weighted by molar-refractivity contribution is 5.83. The maximum absolute atomic E-state index is 11.2. The lowest BCUT2D eigenvalue weighted by molar-refractivity contribution is 0.322. The van der Waals surface area contributed by atoms with Gasteiger partial charge in [0.25, 0.3) is 0 Å². The molecule has 3 aromatic rings. The van der Waals surface area contributed by atoms with Gasteiger partial charge in [0.05, 0.1) is 18.1 Å². The van der Waals surface area contributed by atoms with Gasteiger partial charge >= 0.3 is 5.63 Å². The van der Waals surface area contributed by atoms with E-state index in [1.165, 1.54) is 5.56 Å². The van der Waals surface area contributed by atoms with E-state index in [4.69, 9.17) is 9.15 Å². The fraction of sp³-hybridized carbons (Fsp3) is 0.118. The Kier molecular flexibility index (Phi) is 3.60. The number of fused-ring (bicyclic) bond motifs is 1. The van der Waals surface area contributed by atoms with Gasteiger partial charge in [-0.15, -0.1) is 0 Å². The summed E-state index contributed by atoms with van der Waals surface area (Å²) >= 11 is 0. The highest BCUT2D eigenvalue weighted by Gasteiger charge is 2.05. The van der Waals surface area contributed by atoms with Crippen molar-refractivity contribution in [2.45, 2.75) is 6.42 Å². The highest BCUT2D eigenvalue weighted by Crippen LogP contribution is 2.26. The van der Waals surface area contributed by atoms with Crippen LogP contribution in [0, 0.1) is 0 Å². The van der Waals surface area contributed by atoms with Crippen molar-refractivity contribution in [3.63, 3.8) is 0 Å². The van der Waals surface area contributed by atoms with Crippen molar-refractivity contribution in [3.05, 3.63) is 70.6 Å². The molecule has 0 aliphatic heterocycles. The number of hydrogen-bond donors (Lipinski definition) is 1. The number of aromatic hydroxyl groups is 1. The fourth-order valence-electron chi connectivity index (χ4n) is 2.15. The lowest BCUT2D eigenvalue weighted by Crippen LogP contribution is -2.01. The van der Waals surface area contributed by atoms with E-state index in [1.54, 1.807) is 18.2 Å². The van der Waals surface area contributed by atoms with Crippen LogP contribution in [0.25, 0.3) is 11.0 Å². The van der Waals surface area contributed by atoms with Gasteiger partial charge in [-0.1, -0.05) is 30.3 Å². The quantitative estimate of drug-likeness (QED) is 0.747. The van der Waals surface area contributed by atoms with Gasteiger partial charge in [-0.3, -0.25) is 0 Å². The molecule has 0 radical (unpaired) electrons. The summed E-state index contributed by atoms with van der Waals surface area (Å²) in [7, 11) is 0. The Bertz CT molecular complexity index is 806. The summed E-state index contributed by atoms with van der Waals surface area (Å²) in [4.78, 5) is 11.2. The standard InChI is InChI=1S/C17H14O4/c18-15-11-17(19)21-16-10-13(6-7-14(15)16)20-9-8-12-4-2-1-3-5-12/h1-7,10-11,18H,8-9H2. The van der Waals surface area contributed by atoms with E-state index >= 15 is 0 Å². The van der Waals surface area contributed by atoms with Gasteiger partial charge in [-0.2, -0.15) is 0 Å². The second-order valence-corrected chi connectivity index (χ2v) is 4.69. The van der Waals surface area contributed by atoms with E-state index in [9.17, 15) is 9.90 Å². The molecule has 1 aromatic heterocycles. The molecule has 4 nitrogen and oxygen atoms in total. The van der Waals surface area contributed by atoms with Crippen LogP contribution in [0.5, 0.6) is 11.5 Å². The van der Waals surface area contributed by atoms with Gasteiger partial charge in [0, 0.05) is 12.5 Å². The summed E-state index contributed by atoms with van der Waals surface area (Å²) in [5, 5.41) is 10.2. The number of ether oxygens (including phenoxy) is 1. The van der Waals surface area contributed by atoms with Crippen LogP contribution in [0.15, 0.2) is 63.8 Å². The van der Waals surface area contributed by atoms with Gasteiger partial charge in [0.2, 0.25) is 0 Å². The minimum absolute atomic E-state index is 0.0860. The largest absolute Gasteiger partial charge is 0.507 e. The summed E-state index contributed by atoms with van der Waals surface area (Å²) in [6, 6.07) is 16.1. The summed E-state index contributed by atoms with van der Waals surface area (Å²) in [6.07, 6.45) is 0.795. The van der Waals surface area contributed by atoms with Crippen LogP contribution >= 0.6 is 0 Å². The summed E-state index contributed by atoms with van der Waals surface area (Å²) in [5.74, 6) is 0.518. The third-order valence-electron chi connectivity index (χ3n) is 3.20. The maximum atomic E-state index is 11.2. The van der Waals surface area contributed by atoms with Crippen LogP contribution in [0.2, 0.25) is 0 Å². The minimum atomic E-state index is -0.582. The molecule has 0 fully saturated rings. The van der Waals surface area contributed by atoms with Crippen molar-refractivity contribution >= 4 is 11.0 Å². The van der Waals surface area contributed by atoms with Gasteiger partial charge < -0.3 is 14.3 Å². The Hall–Kier alpha value is -2.75. The number of benzene rings is 2. The molecule has 0 aliphatic rings. The third kappa shape index (κ3) is 3.05. The monoisotopic (exact) mass is 282 g/mol. The van der Waals surface area contributed by atoms with E-state index in [1.807, 2.05) is 30.3 Å². The first-order chi connectivity index (χ1) is 10.2. The lowest BCUT2D eigenvalue weighted by atomic mass is 10.2. The third-order valence-corrected chi connectivity index (χ3v) is 3.20. The average Bonchev–Trinajstić information content (AvgIpc) is 2.48. The minimum Gasteiger partial charge on any atom is -0.507 e. The van der Waals surface area contributed by atoms with Crippen LogP contribution in [-0.4, -0.2) is 11.7 Å². The zero-order valence-corrected chi connectivity index (χ0v) is 11.3. The van der Waals surface area contributed by atoms with Crippen molar-refractivity contribution in [2.75, 3.05) is 6.61 Å². The SMILES string of the molecule is O=c1cc(O)c2ccc(OCCc3ccccc3)cc2o1. The molecule has 0 aliphatic carbocycles. The van der Waals surface area contributed by atoms with E-state index in [0.717, 1.165) is 12.5 Å². The Balaban J connectivity index is 1.74. The van der Waals surface area contributed by atoms with E-state index in [2.05, 4.69) is 0 Å². The molecular formula is C17H14O4. The molecule has 0 saturated heterocycles. The Morgan fingerprint density at radius 1 is 1.05 bits per heavy atom. The Morgan fingerprint density at radius 3 is 2.67 bits per heavy atom. The molecule has 1 heterocycles. The molecule has 1 N–H and O–H groups in total. The molecule has 4 heteroatoms. The summed E-state index contributed by atoms with van der Waals surface area (Å²) in [6.45, 7) is 0.526. The van der Waals surface area contributed by atoms with E-state index in [-0.39, 0.29) is 5.75 Å². The lowest BCUT2D eigenvalue weighted by Gasteiger charge is -2.07. The summed E-state index contributed by atoms with van der Waals surface area (Å²) < 4.78 is 10.7. The van der Waals surface area contributed by atoms with Crippen molar-refractivity contribution in [2.24, 2.45) is 0 Å². The van der Waals surface area contributed by atoms with Crippen LogP contribution in [0.3, 0.4) is 0 Å². The second-order valence-electron chi connectivity index (χ2n) is 4.69. The molecule has 106 valence electrons. The van der Waals surface area contributed by atoms with E-state index in [0.29, 0.717) is 23.3 Å². The molecule has 3 rings (SSSR count). The van der Waals surface area contributed by atoms with Crippen molar-refractivity contribution in [1.29, 1.82) is 0 Å². The molecule has 0 amide bonds. The topological polar surface area (TPSA) is 59.7 Å². The molecule has 0 saturated carbocycles. The van der Waals surface area contributed by atoms with Gasteiger partial charge in [0.15, 0.2) is 0 Å². The Labute approximate surface area is 121 Å². The van der Waals surface area contributed by atoms with Gasteiger partial charge in [-0.25, -0.2) is 4.79 Å². The average molecular weight is 282 g/mol. The Morgan fingerprint density at radius 2 is 1.86 bits per heavy atom. The summed E-state index contributed by atoms with van der Waals surface area (Å²) in [5.41, 5.74) is 0.932. The zero-order valence-electron chi connectivity index (χ0n) is 11.3. The first kappa shape index (κ1) is 13.2. The fourth-order valence-corrected chi connectivity index (χ4v) is 2.15. The predicted molar refractivity (Wildman–Crippen MR) is 79.8 cm³/mol. The number of rotatable bonds is 4. The molecular weight excluding hydrogens is 268 g/mol. The normalized spacial score (nSPS) is 10.7. The smallest absolute Gasteiger partial charge is 0.339 e. The van der Waals surface area contributed by atoms with Crippen LogP contribution in [0.1, 0.15) is 5.56 Å². The van der Waals surface area contributed by atoms with Crippen LogP contribution in [-0.2, 0) is 6.42 Å². The molecule has 2 aromatic carbocycles. The van der Waals surface area contributed by atoms with Gasteiger partial charge in [-0.05, 0) is 17.7 Å². The van der Waals surface area contributed by atoms with Gasteiger partial charge in [0.1, 0.15) is 17.1 Å². The molecule has 0 atom stereocenters. The first-order valence-corrected chi connectivity index (χ1v) is 6.66. The molecule has 0 spiro atoms. The molecule has 21 heavy (non-hydrogen) atoms. The first-order valence-electron chi connectivity index (χ1n) is 6.66. The predicted octanol–water partition coefficient (Wildman–Crippen LogP) is 3.12. The second kappa shape index (κ2) is 5.71. The number of hydrogen-bond acceptors (Lipinski definition) is 4. The molecule has 0 bridgehead atoms. The van der Waals surface area contributed by atoms with E-state index < -0.39 is 5.63 Å². The zero-order chi connectivity index (χ0) is 14.7. The molecule has 0 unspecified atom stereocenters. The maximum Gasteiger partial charge on any atom is 0.339 e. The van der Waals surface area contributed by atoms with Crippen molar-refractivity contribution < 1.29 is 14.3 Å². The van der Waals surface area contributed by atoms with Crippen LogP contribution in [0.4, 0.5) is 0 Å². The van der Waals surface area contributed by atoms with Crippen molar-refractivity contribution in [3.8, 4) is 11.5 Å².